The number of ether oxygens (including phenoxy) is 1. The standard InChI is InChI=1S/C12H21BO2/c1-12(15-11(14)3-2-6-13)8-9-4-5-10(12)7-9/h9-10H,2-8,13H2,1H3. The molecule has 0 aromatic carbocycles. The van der Waals surface area contributed by atoms with Crippen LogP contribution in [0.1, 0.15) is 45.4 Å². The van der Waals surface area contributed by atoms with Crippen molar-refractivity contribution in [2.45, 2.75) is 57.4 Å². The van der Waals surface area contributed by atoms with Crippen molar-refractivity contribution in [1.82, 2.24) is 0 Å². The summed E-state index contributed by atoms with van der Waals surface area (Å²) in [6, 6.07) is 0. The molecule has 84 valence electrons. The van der Waals surface area contributed by atoms with Gasteiger partial charge in [-0.2, -0.15) is 0 Å². The van der Waals surface area contributed by atoms with Crippen molar-refractivity contribution in [2.24, 2.45) is 11.8 Å². The first-order valence-electron chi connectivity index (χ1n) is 6.36. The minimum Gasteiger partial charge on any atom is -0.459 e. The first-order chi connectivity index (χ1) is 7.14. The maximum atomic E-state index is 11.6. The maximum absolute atomic E-state index is 11.6. The molecule has 15 heavy (non-hydrogen) atoms. The SMILES string of the molecule is BCCCC(=O)OC1(C)CC2CCC1C2. The van der Waals surface area contributed by atoms with Gasteiger partial charge in [0.2, 0.25) is 0 Å². The molecule has 0 aromatic heterocycles. The van der Waals surface area contributed by atoms with Crippen LogP contribution in [0.15, 0.2) is 0 Å². The third kappa shape index (κ3) is 2.21. The first-order valence-corrected chi connectivity index (χ1v) is 6.36. The average Bonchev–Trinajstić information content (AvgIpc) is 2.73. The molecule has 0 radical (unpaired) electrons. The number of carbonyl (C=O) groups is 1. The van der Waals surface area contributed by atoms with Crippen molar-refractivity contribution in [3.05, 3.63) is 0 Å². The number of hydrogen-bond acceptors (Lipinski definition) is 2. The molecule has 0 amide bonds. The Balaban J connectivity index is 1.86. The number of carbonyl (C=O) groups excluding carboxylic acids is 1. The van der Waals surface area contributed by atoms with Gasteiger partial charge < -0.3 is 4.74 Å². The van der Waals surface area contributed by atoms with E-state index in [0.717, 1.165) is 25.1 Å². The summed E-state index contributed by atoms with van der Waals surface area (Å²) in [5.41, 5.74) is -0.117. The normalized spacial score (nSPS) is 38.2. The van der Waals surface area contributed by atoms with Gasteiger partial charge in [-0.3, -0.25) is 4.79 Å². The average molecular weight is 208 g/mol. The van der Waals surface area contributed by atoms with Crippen LogP contribution in [0.2, 0.25) is 6.32 Å². The van der Waals surface area contributed by atoms with Gasteiger partial charge >= 0.3 is 5.97 Å². The Morgan fingerprint density at radius 3 is 2.87 bits per heavy atom. The summed E-state index contributed by atoms with van der Waals surface area (Å²) in [4.78, 5) is 11.6. The largest absolute Gasteiger partial charge is 0.459 e. The lowest BCUT2D eigenvalue weighted by atomic mass is 9.85. The highest BCUT2D eigenvalue weighted by molar-refractivity contribution is 6.08. The summed E-state index contributed by atoms with van der Waals surface area (Å²) < 4.78 is 5.70. The van der Waals surface area contributed by atoms with Crippen molar-refractivity contribution in [3.8, 4) is 0 Å². The Labute approximate surface area is 93.2 Å². The molecule has 0 saturated heterocycles. The second kappa shape index (κ2) is 4.19. The Morgan fingerprint density at radius 2 is 2.33 bits per heavy atom. The predicted octanol–water partition coefficient (Wildman–Crippen LogP) is 1.94. The van der Waals surface area contributed by atoms with Gasteiger partial charge in [0.1, 0.15) is 13.4 Å². The highest BCUT2D eigenvalue weighted by atomic mass is 16.6. The van der Waals surface area contributed by atoms with Gasteiger partial charge in [-0.05, 0) is 50.9 Å². The van der Waals surface area contributed by atoms with Crippen LogP contribution >= 0.6 is 0 Å². The number of fused-ring (bicyclic) bond motifs is 2. The molecule has 2 saturated carbocycles. The Kier molecular flexibility index (Phi) is 3.08. The van der Waals surface area contributed by atoms with Crippen LogP contribution < -0.4 is 0 Å². The van der Waals surface area contributed by atoms with Crippen LogP contribution in [0.3, 0.4) is 0 Å². The fourth-order valence-corrected chi connectivity index (χ4v) is 3.31. The van der Waals surface area contributed by atoms with Gasteiger partial charge in [-0.1, -0.05) is 6.32 Å². The van der Waals surface area contributed by atoms with E-state index in [0.29, 0.717) is 12.3 Å². The van der Waals surface area contributed by atoms with Gasteiger partial charge in [-0.15, -0.1) is 0 Å². The van der Waals surface area contributed by atoms with E-state index >= 15 is 0 Å². The van der Waals surface area contributed by atoms with Crippen LogP contribution in [0.25, 0.3) is 0 Å². The molecule has 2 aliphatic carbocycles. The number of rotatable bonds is 4. The molecule has 2 nitrogen and oxygen atoms in total. The summed E-state index contributed by atoms with van der Waals surface area (Å²) in [7, 11) is 2.10. The fraction of sp³-hybridized carbons (Fsp3) is 0.917. The maximum Gasteiger partial charge on any atom is 0.306 e. The number of hydrogen-bond donors (Lipinski definition) is 0. The molecule has 0 aromatic rings. The van der Waals surface area contributed by atoms with E-state index < -0.39 is 0 Å². The lowest BCUT2D eigenvalue weighted by molar-refractivity contribution is -0.163. The summed E-state index contributed by atoms with van der Waals surface area (Å²) in [6.07, 6.45) is 7.65. The van der Waals surface area contributed by atoms with Crippen LogP contribution in [0, 0.1) is 11.8 Å². The van der Waals surface area contributed by atoms with E-state index in [1.807, 2.05) is 0 Å². The molecule has 2 bridgehead atoms. The highest BCUT2D eigenvalue weighted by Gasteiger charge is 2.50. The second-order valence-corrected chi connectivity index (χ2v) is 5.47. The van der Waals surface area contributed by atoms with E-state index in [1.165, 1.54) is 19.3 Å². The van der Waals surface area contributed by atoms with E-state index in [4.69, 9.17) is 4.74 Å². The monoisotopic (exact) mass is 208 g/mol. The smallest absolute Gasteiger partial charge is 0.306 e. The molecule has 0 spiro atoms. The Morgan fingerprint density at radius 1 is 1.53 bits per heavy atom. The van der Waals surface area contributed by atoms with Crippen molar-refractivity contribution in [3.63, 3.8) is 0 Å². The highest BCUT2D eigenvalue weighted by Crippen LogP contribution is 2.52. The van der Waals surface area contributed by atoms with Crippen molar-refractivity contribution in [2.75, 3.05) is 0 Å². The van der Waals surface area contributed by atoms with Crippen LogP contribution in [-0.2, 0) is 9.53 Å². The minimum absolute atomic E-state index is 0.0203. The molecule has 3 unspecified atom stereocenters. The fourth-order valence-electron chi connectivity index (χ4n) is 3.31. The second-order valence-electron chi connectivity index (χ2n) is 5.47. The summed E-state index contributed by atoms with van der Waals surface area (Å²) in [5.74, 6) is 1.50. The third-order valence-electron chi connectivity index (χ3n) is 4.18. The zero-order valence-electron chi connectivity index (χ0n) is 9.92. The minimum atomic E-state index is -0.117. The third-order valence-corrected chi connectivity index (χ3v) is 4.18. The molecule has 0 heterocycles. The van der Waals surface area contributed by atoms with E-state index in [2.05, 4.69) is 14.8 Å². The van der Waals surface area contributed by atoms with Crippen molar-refractivity contribution in [1.29, 1.82) is 0 Å². The van der Waals surface area contributed by atoms with Crippen LogP contribution in [-0.4, -0.2) is 19.4 Å². The van der Waals surface area contributed by atoms with Gasteiger partial charge in [0.05, 0.1) is 0 Å². The van der Waals surface area contributed by atoms with Crippen molar-refractivity contribution >= 4 is 13.8 Å². The zero-order chi connectivity index (χ0) is 10.9. The predicted molar refractivity (Wildman–Crippen MR) is 62.5 cm³/mol. The van der Waals surface area contributed by atoms with Gasteiger partial charge in [0.15, 0.2) is 0 Å². The molecule has 2 fully saturated rings. The van der Waals surface area contributed by atoms with E-state index in [9.17, 15) is 4.79 Å². The molecular weight excluding hydrogens is 187 g/mol. The van der Waals surface area contributed by atoms with Crippen LogP contribution in [0.4, 0.5) is 0 Å². The quantitative estimate of drug-likeness (QED) is 0.521. The van der Waals surface area contributed by atoms with Gasteiger partial charge in [0, 0.05) is 6.42 Å². The molecule has 0 N–H and O–H groups in total. The van der Waals surface area contributed by atoms with E-state index in [1.54, 1.807) is 0 Å². The van der Waals surface area contributed by atoms with Gasteiger partial charge in [-0.25, -0.2) is 0 Å². The summed E-state index contributed by atoms with van der Waals surface area (Å²) in [6.45, 7) is 2.14. The molecule has 2 rings (SSSR count). The van der Waals surface area contributed by atoms with Crippen molar-refractivity contribution < 1.29 is 9.53 Å². The molecule has 3 heteroatoms. The summed E-state index contributed by atoms with van der Waals surface area (Å²) in [5, 5.41) is 0. The molecular formula is C12H21BO2. The number of esters is 1. The molecule has 0 aliphatic heterocycles. The lowest BCUT2D eigenvalue weighted by Crippen LogP contribution is -2.37. The molecule has 2 aliphatic rings. The Bertz CT molecular complexity index is 254. The van der Waals surface area contributed by atoms with Crippen LogP contribution in [0.5, 0.6) is 0 Å². The zero-order valence-corrected chi connectivity index (χ0v) is 9.92. The Hall–Kier alpha value is -0.465. The van der Waals surface area contributed by atoms with E-state index in [-0.39, 0.29) is 11.6 Å². The van der Waals surface area contributed by atoms with Gasteiger partial charge in [0.25, 0.3) is 0 Å². The topological polar surface area (TPSA) is 26.3 Å². The summed E-state index contributed by atoms with van der Waals surface area (Å²) >= 11 is 0. The first kappa shape index (κ1) is 11.0. The molecule has 3 atom stereocenters. The lowest BCUT2D eigenvalue weighted by Gasteiger charge is -2.33.